The van der Waals surface area contributed by atoms with Crippen LogP contribution in [0.1, 0.15) is 19.3 Å². The van der Waals surface area contributed by atoms with Crippen molar-refractivity contribution in [2.75, 3.05) is 18.4 Å². The van der Waals surface area contributed by atoms with Crippen LogP contribution in [-0.2, 0) is 10.0 Å². The summed E-state index contributed by atoms with van der Waals surface area (Å²) in [5.74, 6) is -0.586. The maximum Gasteiger partial charge on any atom is 0.244 e. The Morgan fingerprint density at radius 2 is 2.10 bits per heavy atom. The largest absolute Gasteiger partial charge is 0.244 e. The summed E-state index contributed by atoms with van der Waals surface area (Å²) in [7, 11) is -3.80. The van der Waals surface area contributed by atoms with Gasteiger partial charge < -0.3 is 0 Å². The molecule has 1 aliphatic rings. The number of halogens is 4. The second-order valence-electron chi connectivity index (χ2n) is 5.02. The number of rotatable bonds is 4. The summed E-state index contributed by atoms with van der Waals surface area (Å²) < 4.78 is 40.4. The summed E-state index contributed by atoms with van der Waals surface area (Å²) in [4.78, 5) is -0.217. The van der Waals surface area contributed by atoms with Crippen LogP contribution >= 0.6 is 39.1 Å². The van der Waals surface area contributed by atoms with E-state index in [1.54, 1.807) is 0 Å². The predicted molar refractivity (Wildman–Crippen MR) is 86.3 cm³/mol. The number of piperidine rings is 1. The second kappa shape index (κ2) is 7.13. The third-order valence-corrected chi connectivity index (χ3v) is 6.76. The average molecular weight is 419 g/mol. The first-order valence-corrected chi connectivity index (χ1v) is 9.89. The van der Waals surface area contributed by atoms with E-state index in [9.17, 15) is 12.8 Å². The van der Waals surface area contributed by atoms with E-state index in [1.807, 2.05) is 0 Å². The topological polar surface area (TPSA) is 37.4 Å². The molecule has 0 aromatic heterocycles. The average Bonchev–Trinajstić information content (AvgIpc) is 2.45. The lowest BCUT2D eigenvalue weighted by molar-refractivity contribution is 0.263. The van der Waals surface area contributed by atoms with Gasteiger partial charge in [0.1, 0.15) is 4.90 Å². The first kappa shape index (κ1) is 17.5. The van der Waals surface area contributed by atoms with Crippen molar-refractivity contribution in [2.45, 2.75) is 24.2 Å². The van der Waals surface area contributed by atoms with Crippen LogP contribution in [0.3, 0.4) is 0 Å². The lowest BCUT2D eigenvalue weighted by atomic mass is 9.97. The van der Waals surface area contributed by atoms with Gasteiger partial charge in [0.25, 0.3) is 0 Å². The predicted octanol–water partition coefficient (Wildman–Crippen LogP) is 4.32. The fraction of sp³-hybridized carbons (Fsp3) is 0.538. The zero-order chi connectivity index (χ0) is 15.6. The van der Waals surface area contributed by atoms with Gasteiger partial charge in [0.05, 0.1) is 10.0 Å². The number of hydrogen-bond acceptors (Lipinski definition) is 2. The minimum atomic E-state index is -3.80. The van der Waals surface area contributed by atoms with Gasteiger partial charge >= 0.3 is 0 Å². The number of hydrogen-bond donors (Lipinski definition) is 0. The molecule has 0 radical (unpaired) electrons. The molecule has 1 aliphatic heterocycles. The van der Waals surface area contributed by atoms with Gasteiger partial charge in [0.2, 0.25) is 10.0 Å². The summed E-state index contributed by atoms with van der Waals surface area (Å²) >= 11 is 14.8. The number of nitrogens with zero attached hydrogens (tertiary/aromatic N) is 1. The van der Waals surface area contributed by atoms with E-state index in [2.05, 4.69) is 15.9 Å². The van der Waals surface area contributed by atoms with Crippen molar-refractivity contribution >= 4 is 49.2 Å². The molecule has 0 aliphatic carbocycles. The lowest BCUT2D eigenvalue weighted by Crippen LogP contribution is -2.40. The van der Waals surface area contributed by atoms with Crippen LogP contribution in [0.25, 0.3) is 0 Å². The fourth-order valence-corrected chi connectivity index (χ4v) is 5.40. The highest BCUT2D eigenvalue weighted by Gasteiger charge is 2.32. The lowest BCUT2D eigenvalue weighted by Gasteiger charge is -2.32. The Morgan fingerprint density at radius 3 is 2.76 bits per heavy atom. The summed E-state index contributed by atoms with van der Waals surface area (Å²) in [6.45, 7) is 0.871. The molecule has 0 spiro atoms. The molecule has 0 amide bonds. The number of sulfonamides is 1. The van der Waals surface area contributed by atoms with E-state index in [-0.39, 0.29) is 9.92 Å². The Hall–Kier alpha value is 0.120. The fourth-order valence-electron chi connectivity index (χ4n) is 2.48. The molecule has 8 heteroatoms. The normalized spacial score (nSPS) is 20.7. The first-order chi connectivity index (χ1) is 9.87. The van der Waals surface area contributed by atoms with Crippen molar-refractivity contribution in [1.29, 1.82) is 0 Å². The van der Waals surface area contributed by atoms with Crippen molar-refractivity contribution in [1.82, 2.24) is 4.31 Å². The number of benzene rings is 1. The summed E-state index contributed by atoms with van der Waals surface area (Å²) in [5.41, 5.74) is 0. The van der Waals surface area contributed by atoms with Gasteiger partial charge in [-0.05, 0) is 37.3 Å². The minimum absolute atomic E-state index is 0.185. The molecule has 0 saturated carbocycles. The minimum Gasteiger partial charge on any atom is -0.207 e. The van der Waals surface area contributed by atoms with Crippen molar-refractivity contribution in [2.24, 2.45) is 5.92 Å². The maximum atomic E-state index is 13.7. The third-order valence-electron chi connectivity index (χ3n) is 3.62. The Kier molecular flexibility index (Phi) is 5.93. The van der Waals surface area contributed by atoms with Crippen LogP contribution in [0.5, 0.6) is 0 Å². The van der Waals surface area contributed by atoms with E-state index in [4.69, 9.17) is 23.2 Å². The van der Waals surface area contributed by atoms with Crippen LogP contribution in [-0.4, -0.2) is 31.1 Å². The van der Waals surface area contributed by atoms with E-state index in [0.717, 1.165) is 24.6 Å². The monoisotopic (exact) mass is 417 g/mol. The van der Waals surface area contributed by atoms with E-state index in [1.165, 1.54) is 16.4 Å². The van der Waals surface area contributed by atoms with Crippen LogP contribution < -0.4 is 0 Å². The molecule has 1 fully saturated rings. The summed E-state index contributed by atoms with van der Waals surface area (Å²) in [6, 6.07) is 2.48. The van der Waals surface area contributed by atoms with Crippen LogP contribution in [0.4, 0.5) is 4.39 Å². The molecule has 0 bridgehead atoms. The standard InChI is InChI=1S/C13H15BrCl2FNO2S/c14-6-5-9-2-1-7-18(8-9)21(19,20)11-4-3-10(15)13(17)12(11)16/h3-4,9H,1-2,5-8H2. The molecular weight excluding hydrogens is 404 g/mol. The van der Waals surface area contributed by atoms with Gasteiger partial charge in [-0.15, -0.1) is 0 Å². The van der Waals surface area contributed by atoms with Crippen molar-refractivity contribution in [3.8, 4) is 0 Å². The second-order valence-corrected chi connectivity index (χ2v) is 8.51. The van der Waals surface area contributed by atoms with E-state index in [0.29, 0.717) is 19.0 Å². The highest BCUT2D eigenvalue weighted by atomic mass is 79.9. The molecular formula is C13H15BrCl2FNO2S. The van der Waals surface area contributed by atoms with Crippen molar-refractivity contribution in [3.63, 3.8) is 0 Å². The smallest absolute Gasteiger partial charge is 0.207 e. The molecule has 1 saturated heterocycles. The molecule has 1 aromatic rings. The van der Waals surface area contributed by atoms with Crippen LogP contribution in [0, 0.1) is 11.7 Å². The Balaban J connectivity index is 2.32. The van der Waals surface area contributed by atoms with Gasteiger partial charge in [-0.3, -0.25) is 0 Å². The van der Waals surface area contributed by atoms with Crippen molar-refractivity contribution < 1.29 is 12.8 Å². The highest BCUT2D eigenvalue weighted by Crippen LogP contribution is 2.33. The van der Waals surface area contributed by atoms with Gasteiger partial charge in [0.15, 0.2) is 5.82 Å². The molecule has 0 N–H and O–H groups in total. The van der Waals surface area contributed by atoms with Crippen LogP contribution in [0.2, 0.25) is 10.0 Å². The third kappa shape index (κ3) is 3.72. The number of alkyl halides is 1. The quantitative estimate of drug-likeness (QED) is 0.539. The molecule has 118 valence electrons. The Labute approximate surface area is 142 Å². The Morgan fingerprint density at radius 1 is 1.38 bits per heavy atom. The molecule has 3 nitrogen and oxygen atoms in total. The van der Waals surface area contributed by atoms with Gasteiger partial charge in [0, 0.05) is 18.4 Å². The summed E-state index contributed by atoms with van der Waals surface area (Å²) in [5, 5.41) is 0.210. The SMILES string of the molecule is O=S(=O)(c1ccc(Cl)c(F)c1Cl)N1CCCC(CCBr)C1. The zero-order valence-corrected chi connectivity index (χ0v) is 15.1. The zero-order valence-electron chi connectivity index (χ0n) is 11.2. The molecule has 1 heterocycles. The van der Waals surface area contributed by atoms with Crippen molar-refractivity contribution in [3.05, 3.63) is 28.0 Å². The van der Waals surface area contributed by atoms with Gasteiger partial charge in [-0.25, -0.2) is 12.8 Å². The van der Waals surface area contributed by atoms with E-state index < -0.39 is 20.9 Å². The maximum absolute atomic E-state index is 13.7. The summed E-state index contributed by atoms with van der Waals surface area (Å²) in [6.07, 6.45) is 2.71. The highest BCUT2D eigenvalue weighted by molar-refractivity contribution is 9.09. The molecule has 2 rings (SSSR count). The molecule has 1 aromatic carbocycles. The van der Waals surface area contributed by atoms with Gasteiger partial charge in [-0.2, -0.15) is 4.31 Å². The van der Waals surface area contributed by atoms with E-state index >= 15 is 0 Å². The molecule has 1 unspecified atom stereocenters. The molecule has 1 atom stereocenters. The molecule has 21 heavy (non-hydrogen) atoms. The van der Waals surface area contributed by atoms with Crippen LogP contribution in [0.15, 0.2) is 17.0 Å². The Bertz CT molecular complexity index is 625. The first-order valence-electron chi connectivity index (χ1n) is 6.57. The van der Waals surface area contributed by atoms with Gasteiger partial charge in [-0.1, -0.05) is 39.1 Å².